The van der Waals surface area contributed by atoms with Crippen molar-refractivity contribution in [2.75, 3.05) is 14.2 Å². The van der Waals surface area contributed by atoms with Crippen molar-refractivity contribution in [3.8, 4) is 11.5 Å². The van der Waals surface area contributed by atoms with E-state index in [2.05, 4.69) is 0 Å². The molecule has 1 aliphatic rings. The second kappa shape index (κ2) is 6.14. The van der Waals surface area contributed by atoms with Gasteiger partial charge in [-0.3, -0.25) is 0 Å². The van der Waals surface area contributed by atoms with E-state index in [0.717, 1.165) is 26.5 Å². The van der Waals surface area contributed by atoms with Crippen molar-refractivity contribution in [1.29, 1.82) is 0 Å². The molecule has 0 unspecified atom stereocenters. The molecular weight excluding hydrogens is 332 g/mol. The minimum Gasteiger partial charge on any atom is -0.497 e. The van der Waals surface area contributed by atoms with E-state index in [-0.39, 0.29) is 0 Å². The van der Waals surface area contributed by atoms with Crippen molar-refractivity contribution in [3.63, 3.8) is 0 Å². The highest BCUT2D eigenvalue weighted by atomic mass is 32.2. The fourth-order valence-corrected chi connectivity index (χ4v) is 4.48. The number of fused-ring (bicyclic) bond motifs is 2. The monoisotopic (exact) mass is 350 g/mol. The molecule has 4 heteroatoms. The number of rotatable bonds is 3. The Morgan fingerprint density at radius 2 is 1.24 bits per heavy atom. The van der Waals surface area contributed by atoms with Gasteiger partial charge in [0.1, 0.15) is 17.1 Å². The van der Waals surface area contributed by atoms with E-state index in [0.29, 0.717) is 11.5 Å². The van der Waals surface area contributed by atoms with Gasteiger partial charge < -0.3 is 14.6 Å². The average molecular weight is 350 g/mol. The highest BCUT2D eigenvalue weighted by molar-refractivity contribution is 7.99. The van der Waals surface area contributed by atoms with Crippen molar-refractivity contribution in [1.82, 2.24) is 0 Å². The third-order valence-corrected chi connectivity index (χ3v) is 5.69. The molecular formula is C21H18O3S. The summed E-state index contributed by atoms with van der Waals surface area (Å²) in [7, 11) is 3.22. The summed E-state index contributed by atoms with van der Waals surface area (Å²) in [6, 6.07) is 21.5. The van der Waals surface area contributed by atoms with Crippen molar-refractivity contribution < 1.29 is 14.6 Å². The number of ether oxygens (including phenoxy) is 2. The quantitative estimate of drug-likeness (QED) is 0.757. The molecule has 4 rings (SSSR count). The van der Waals surface area contributed by atoms with Crippen LogP contribution in [0.5, 0.6) is 11.5 Å². The third-order valence-electron chi connectivity index (χ3n) is 4.54. The molecule has 126 valence electrons. The summed E-state index contributed by atoms with van der Waals surface area (Å²) in [5.41, 5.74) is 1.20. The molecule has 0 amide bonds. The molecule has 0 atom stereocenters. The summed E-state index contributed by atoms with van der Waals surface area (Å²) >= 11 is 1.68. The molecule has 0 saturated carbocycles. The fourth-order valence-electron chi connectivity index (χ4n) is 3.30. The van der Waals surface area contributed by atoms with Gasteiger partial charge in [0.2, 0.25) is 0 Å². The summed E-state index contributed by atoms with van der Waals surface area (Å²) in [4.78, 5) is 2.09. The Kier molecular flexibility index (Phi) is 3.94. The molecule has 0 saturated heterocycles. The number of hydrogen-bond donors (Lipinski definition) is 1. The Balaban J connectivity index is 2.03. The number of benzene rings is 3. The molecule has 0 aromatic heterocycles. The smallest absolute Gasteiger partial charge is 0.143 e. The lowest BCUT2D eigenvalue weighted by atomic mass is 9.79. The molecule has 3 aromatic carbocycles. The van der Waals surface area contributed by atoms with Crippen LogP contribution in [-0.4, -0.2) is 19.3 Å². The van der Waals surface area contributed by atoms with Gasteiger partial charge in [0.15, 0.2) is 0 Å². The Bertz CT molecular complexity index is 868. The van der Waals surface area contributed by atoms with Gasteiger partial charge in [-0.1, -0.05) is 48.2 Å². The second-order valence-corrected chi connectivity index (χ2v) is 6.99. The van der Waals surface area contributed by atoms with Gasteiger partial charge in [0, 0.05) is 27.0 Å². The van der Waals surface area contributed by atoms with Gasteiger partial charge >= 0.3 is 0 Å². The van der Waals surface area contributed by atoms with Crippen molar-refractivity contribution in [2.24, 2.45) is 0 Å². The van der Waals surface area contributed by atoms with Crippen LogP contribution < -0.4 is 9.47 Å². The van der Waals surface area contributed by atoms with Crippen LogP contribution in [-0.2, 0) is 5.60 Å². The number of aliphatic hydroxyl groups is 1. The standard InChI is InChI=1S/C21H18O3S/c1-23-15-11-14(12-16(13-15)24-2)21(22)17-7-3-5-9-19(17)25-20-10-6-4-8-18(20)21/h3-13,22H,1-2H3. The van der Waals surface area contributed by atoms with Crippen LogP contribution in [0.25, 0.3) is 0 Å². The average Bonchev–Trinajstić information content (AvgIpc) is 2.67. The normalized spacial score (nSPS) is 14.4. The number of methoxy groups -OCH3 is 2. The molecule has 3 aromatic rings. The molecule has 3 nitrogen and oxygen atoms in total. The molecule has 1 heterocycles. The van der Waals surface area contributed by atoms with Gasteiger partial charge in [0.05, 0.1) is 14.2 Å². The summed E-state index contributed by atoms with van der Waals surface area (Å²) in [6.07, 6.45) is 0. The van der Waals surface area contributed by atoms with E-state index < -0.39 is 5.60 Å². The predicted molar refractivity (Wildman–Crippen MR) is 98.7 cm³/mol. The van der Waals surface area contributed by atoms with Crippen LogP contribution in [0.3, 0.4) is 0 Å². The summed E-state index contributed by atoms with van der Waals surface area (Å²) in [5, 5.41) is 12.0. The first-order valence-corrected chi connectivity index (χ1v) is 8.81. The zero-order chi connectivity index (χ0) is 17.4. The molecule has 0 radical (unpaired) electrons. The maximum Gasteiger partial charge on any atom is 0.143 e. The van der Waals surface area contributed by atoms with Gasteiger partial charge in [-0.25, -0.2) is 0 Å². The van der Waals surface area contributed by atoms with Crippen molar-refractivity contribution in [3.05, 3.63) is 83.4 Å². The summed E-state index contributed by atoms with van der Waals surface area (Å²) in [6.45, 7) is 0. The maximum atomic E-state index is 12.0. The minimum absolute atomic E-state index is 0.649. The summed E-state index contributed by atoms with van der Waals surface area (Å²) in [5.74, 6) is 1.30. The first-order valence-electron chi connectivity index (χ1n) is 7.99. The van der Waals surface area contributed by atoms with Crippen LogP contribution in [0.2, 0.25) is 0 Å². The molecule has 0 aliphatic carbocycles. The lowest BCUT2D eigenvalue weighted by Gasteiger charge is -2.36. The maximum absolute atomic E-state index is 12.0. The second-order valence-electron chi connectivity index (χ2n) is 5.91. The van der Waals surface area contributed by atoms with E-state index >= 15 is 0 Å². The van der Waals surface area contributed by atoms with Crippen molar-refractivity contribution >= 4 is 11.8 Å². The molecule has 0 spiro atoms. The molecule has 25 heavy (non-hydrogen) atoms. The Morgan fingerprint density at radius 3 is 1.72 bits per heavy atom. The van der Waals surface area contributed by atoms with Crippen LogP contribution in [0.4, 0.5) is 0 Å². The lowest BCUT2D eigenvalue weighted by molar-refractivity contribution is 0.118. The van der Waals surface area contributed by atoms with E-state index in [1.807, 2.05) is 66.7 Å². The van der Waals surface area contributed by atoms with Crippen LogP contribution in [0, 0.1) is 0 Å². The topological polar surface area (TPSA) is 38.7 Å². The van der Waals surface area contributed by atoms with E-state index in [1.165, 1.54) is 0 Å². The van der Waals surface area contributed by atoms with Gasteiger partial charge in [-0.2, -0.15) is 0 Å². The van der Waals surface area contributed by atoms with Gasteiger partial charge in [-0.05, 0) is 29.8 Å². The third kappa shape index (κ3) is 2.49. The number of hydrogen-bond acceptors (Lipinski definition) is 4. The summed E-state index contributed by atoms with van der Waals surface area (Å²) < 4.78 is 10.8. The van der Waals surface area contributed by atoms with Crippen molar-refractivity contribution in [2.45, 2.75) is 15.4 Å². The molecule has 0 bridgehead atoms. The Hall–Kier alpha value is -2.43. The first-order chi connectivity index (χ1) is 12.2. The van der Waals surface area contributed by atoms with E-state index in [4.69, 9.17) is 9.47 Å². The SMILES string of the molecule is COc1cc(OC)cc(C2(O)c3ccccc3Sc3ccccc32)c1. The van der Waals surface area contributed by atoms with E-state index in [9.17, 15) is 5.11 Å². The lowest BCUT2D eigenvalue weighted by Crippen LogP contribution is -2.32. The zero-order valence-electron chi connectivity index (χ0n) is 14.0. The Labute approximate surface area is 151 Å². The minimum atomic E-state index is -1.26. The highest BCUT2D eigenvalue weighted by Crippen LogP contribution is 2.51. The highest BCUT2D eigenvalue weighted by Gasteiger charge is 2.41. The van der Waals surface area contributed by atoms with E-state index in [1.54, 1.807) is 26.0 Å². The van der Waals surface area contributed by atoms with Gasteiger partial charge in [0.25, 0.3) is 0 Å². The molecule has 1 aliphatic heterocycles. The van der Waals surface area contributed by atoms with Crippen LogP contribution in [0.1, 0.15) is 16.7 Å². The van der Waals surface area contributed by atoms with Crippen LogP contribution >= 0.6 is 11.8 Å². The largest absolute Gasteiger partial charge is 0.497 e. The fraction of sp³-hybridized carbons (Fsp3) is 0.143. The molecule has 0 fully saturated rings. The van der Waals surface area contributed by atoms with Crippen LogP contribution in [0.15, 0.2) is 76.5 Å². The van der Waals surface area contributed by atoms with Gasteiger partial charge in [-0.15, -0.1) is 0 Å². The molecule has 1 N–H and O–H groups in total. The predicted octanol–water partition coefficient (Wildman–Crippen LogP) is 4.45. The first kappa shape index (κ1) is 16.1. The zero-order valence-corrected chi connectivity index (χ0v) is 14.8. The Morgan fingerprint density at radius 1 is 0.760 bits per heavy atom.